The first-order valence-corrected chi connectivity index (χ1v) is 5.46. The number of carbonyl (C=O) groups is 1. The van der Waals surface area contributed by atoms with Crippen LogP contribution in [0, 0.1) is 17.1 Å². The first kappa shape index (κ1) is 11.3. The minimum atomic E-state index is -1.12. The number of aromatic carboxylic acids is 1. The summed E-state index contributed by atoms with van der Waals surface area (Å²) in [5.74, 6) is -1.62. The van der Waals surface area contributed by atoms with E-state index in [4.69, 9.17) is 10.4 Å². The molecule has 0 aliphatic carbocycles. The normalized spacial score (nSPS) is 9.88. The Bertz CT molecular complexity index is 628. The van der Waals surface area contributed by atoms with Crippen molar-refractivity contribution in [2.75, 3.05) is 0 Å². The Morgan fingerprint density at radius 1 is 1.35 bits per heavy atom. The molecule has 0 saturated heterocycles. The zero-order valence-electron chi connectivity index (χ0n) is 8.48. The zero-order valence-corrected chi connectivity index (χ0v) is 9.29. The predicted molar refractivity (Wildman–Crippen MR) is 61.4 cm³/mol. The van der Waals surface area contributed by atoms with E-state index < -0.39 is 11.8 Å². The van der Waals surface area contributed by atoms with E-state index in [1.807, 2.05) is 6.07 Å². The molecule has 2 rings (SSSR count). The number of carboxylic acids is 1. The third-order valence-electron chi connectivity index (χ3n) is 2.19. The molecule has 0 saturated carbocycles. The Kier molecular flexibility index (Phi) is 2.90. The summed E-state index contributed by atoms with van der Waals surface area (Å²) in [4.78, 5) is 12.0. The molecule has 5 heteroatoms. The quantitative estimate of drug-likeness (QED) is 0.886. The van der Waals surface area contributed by atoms with Gasteiger partial charge in [0.2, 0.25) is 0 Å². The standard InChI is InChI=1S/C12H6FNO2S/c13-7-1-3-9(12(15)16)10(5-7)11-4-2-8(6-14)17-11/h1-5H,(H,15,16). The van der Waals surface area contributed by atoms with Gasteiger partial charge >= 0.3 is 5.97 Å². The number of nitrogens with zero attached hydrogens (tertiary/aromatic N) is 1. The highest BCUT2D eigenvalue weighted by molar-refractivity contribution is 7.16. The lowest BCUT2D eigenvalue weighted by Crippen LogP contribution is -1.99. The number of benzene rings is 1. The van der Waals surface area contributed by atoms with Gasteiger partial charge in [0.05, 0.1) is 5.56 Å². The number of nitriles is 1. The van der Waals surface area contributed by atoms with Crippen LogP contribution >= 0.6 is 11.3 Å². The summed E-state index contributed by atoms with van der Waals surface area (Å²) >= 11 is 1.14. The molecule has 0 fully saturated rings. The van der Waals surface area contributed by atoms with Crippen LogP contribution in [0.5, 0.6) is 0 Å². The summed E-state index contributed by atoms with van der Waals surface area (Å²) in [5.41, 5.74) is 0.321. The topological polar surface area (TPSA) is 61.1 Å². The van der Waals surface area contributed by atoms with E-state index in [0.29, 0.717) is 15.3 Å². The SMILES string of the molecule is N#Cc1ccc(-c2cc(F)ccc2C(=O)O)s1. The monoisotopic (exact) mass is 247 g/mol. The summed E-state index contributed by atoms with van der Waals surface area (Å²) in [6.07, 6.45) is 0. The lowest BCUT2D eigenvalue weighted by Gasteiger charge is -2.03. The molecule has 1 N–H and O–H groups in total. The van der Waals surface area contributed by atoms with Crippen molar-refractivity contribution in [1.29, 1.82) is 5.26 Å². The largest absolute Gasteiger partial charge is 0.478 e. The Morgan fingerprint density at radius 2 is 2.12 bits per heavy atom. The second-order valence-electron chi connectivity index (χ2n) is 3.27. The number of carboxylic acid groups (broad SMARTS) is 1. The van der Waals surface area contributed by atoms with Gasteiger partial charge in [0.1, 0.15) is 16.8 Å². The summed E-state index contributed by atoms with van der Waals surface area (Å²) in [5, 5.41) is 17.7. The van der Waals surface area contributed by atoms with Crippen LogP contribution in [0.1, 0.15) is 15.2 Å². The van der Waals surface area contributed by atoms with Crippen LogP contribution < -0.4 is 0 Å². The van der Waals surface area contributed by atoms with Crippen LogP contribution in [0.15, 0.2) is 30.3 Å². The zero-order chi connectivity index (χ0) is 12.4. The molecule has 0 unspecified atom stereocenters. The van der Waals surface area contributed by atoms with Gasteiger partial charge in [-0.05, 0) is 30.3 Å². The predicted octanol–water partition coefficient (Wildman–Crippen LogP) is 3.12. The fourth-order valence-electron chi connectivity index (χ4n) is 1.45. The number of thiophene rings is 1. The summed E-state index contributed by atoms with van der Waals surface area (Å²) in [6, 6.07) is 8.64. The average molecular weight is 247 g/mol. The van der Waals surface area contributed by atoms with E-state index in [1.165, 1.54) is 6.07 Å². The van der Waals surface area contributed by atoms with Crippen molar-refractivity contribution in [2.45, 2.75) is 0 Å². The van der Waals surface area contributed by atoms with Crippen LogP contribution in [0.25, 0.3) is 10.4 Å². The first-order chi connectivity index (χ1) is 8.11. The maximum absolute atomic E-state index is 13.1. The van der Waals surface area contributed by atoms with E-state index in [1.54, 1.807) is 12.1 Å². The second kappa shape index (κ2) is 4.36. The van der Waals surface area contributed by atoms with Crippen molar-refractivity contribution < 1.29 is 14.3 Å². The molecule has 0 aliphatic heterocycles. The van der Waals surface area contributed by atoms with E-state index in [9.17, 15) is 9.18 Å². The second-order valence-corrected chi connectivity index (χ2v) is 4.35. The Balaban J connectivity index is 2.61. The highest BCUT2D eigenvalue weighted by Gasteiger charge is 2.14. The van der Waals surface area contributed by atoms with Gasteiger partial charge in [0.25, 0.3) is 0 Å². The molecule has 84 valence electrons. The number of rotatable bonds is 2. The third kappa shape index (κ3) is 2.17. The Hall–Kier alpha value is -2.19. The fraction of sp³-hybridized carbons (Fsp3) is 0. The number of hydrogen-bond acceptors (Lipinski definition) is 3. The Labute approximate surface area is 100 Å². The van der Waals surface area contributed by atoms with E-state index in [2.05, 4.69) is 0 Å². The molecule has 3 nitrogen and oxygen atoms in total. The maximum atomic E-state index is 13.1. The highest BCUT2D eigenvalue weighted by atomic mass is 32.1. The molecule has 2 aromatic rings. The molecule has 0 amide bonds. The summed E-state index contributed by atoms with van der Waals surface area (Å²) in [6.45, 7) is 0. The smallest absolute Gasteiger partial charge is 0.336 e. The van der Waals surface area contributed by atoms with Crippen LogP contribution in [0.2, 0.25) is 0 Å². The maximum Gasteiger partial charge on any atom is 0.336 e. The van der Waals surface area contributed by atoms with Crippen LogP contribution in [-0.2, 0) is 0 Å². The van der Waals surface area contributed by atoms with Gasteiger partial charge in [-0.3, -0.25) is 0 Å². The van der Waals surface area contributed by atoms with Crippen LogP contribution in [0.4, 0.5) is 4.39 Å². The van der Waals surface area contributed by atoms with Crippen LogP contribution in [0.3, 0.4) is 0 Å². The minimum Gasteiger partial charge on any atom is -0.478 e. The molecule has 0 atom stereocenters. The minimum absolute atomic E-state index is 0.0257. The van der Waals surface area contributed by atoms with Crippen molar-refractivity contribution in [2.24, 2.45) is 0 Å². The van der Waals surface area contributed by atoms with E-state index in [0.717, 1.165) is 23.5 Å². The molecule has 1 heterocycles. The summed E-state index contributed by atoms with van der Waals surface area (Å²) < 4.78 is 13.1. The van der Waals surface area contributed by atoms with Gasteiger partial charge in [-0.25, -0.2) is 9.18 Å². The lowest BCUT2D eigenvalue weighted by atomic mass is 10.1. The van der Waals surface area contributed by atoms with Crippen molar-refractivity contribution in [3.8, 4) is 16.5 Å². The van der Waals surface area contributed by atoms with Crippen molar-refractivity contribution >= 4 is 17.3 Å². The lowest BCUT2D eigenvalue weighted by molar-refractivity contribution is 0.0697. The van der Waals surface area contributed by atoms with Crippen molar-refractivity contribution in [3.63, 3.8) is 0 Å². The molecule has 1 aromatic carbocycles. The van der Waals surface area contributed by atoms with Gasteiger partial charge in [-0.2, -0.15) is 5.26 Å². The molecule has 0 spiro atoms. The van der Waals surface area contributed by atoms with Gasteiger partial charge < -0.3 is 5.11 Å². The molecule has 0 radical (unpaired) electrons. The van der Waals surface area contributed by atoms with Crippen molar-refractivity contribution in [3.05, 3.63) is 46.6 Å². The van der Waals surface area contributed by atoms with Gasteiger partial charge in [0, 0.05) is 10.4 Å². The molecule has 0 bridgehead atoms. The van der Waals surface area contributed by atoms with Crippen molar-refractivity contribution in [1.82, 2.24) is 0 Å². The number of hydrogen-bond donors (Lipinski definition) is 1. The molecular formula is C12H6FNO2S. The van der Waals surface area contributed by atoms with Gasteiger partial charge in [-0.15, -0.1) is 11.3 Å². The fourth-order valence-corrected chi connectivity index (χ4v) is 2.28. The van der Waals surface area contributed by atoms with E-state index in [-0.39, 0.29) is 5.56 Å². The van der Waals surface area contributed by atoms with Gasteiger partial charge in [0.15, 0.2) is 0 Å². The average Bonchev–Trinajstić information content (AvgIpc) is 2.76. The van der Waals surface area contributed by atoms with E-state index >= 15 is 0 Å². The first-order valence-electron chi connectivity index (χ1n) is 4.65. The highest BCUT2D eigenvalue weighted by Crippen LogP contribution is 2.31. The third-order valence-corrected chi connectivity index (χ3v) is 3.22. The van der Waals surface area contributed by atoms with Crippen LogP contribution in [-0.4, -0.2) is 11.1 Å². The molecule has 1 aromatic heterocycles. The summed E-state index contributed by atoms with van der Waals surface area (Å²) in [7, 11) is 0. The number of halogens is 1. The molecule has 17 heavy (non-hydrogen) atoms. The Morgan fingerprint density at radius 3 is 2.71 bits per heavy atom. The molecular weight excluding hydrogens is 241 g/mol. The molecule has 0 aliphatic rings. The van der Waals surface area contributed by atoms with Gasteiger partial charge in [-0.1, -0.05) is 0 Å².